The van der Waals surface area contributed by atoms with Gasteiger partial charge in [0.15, 0.2) is 17.6 Å². The van der Waals surface area contributed by atoms with Crippen molar-refractivity contribution in [3.05, 3.63) is 46.7 Å². The minimum absolute atomic E-state index is 0.0556. The quantitative estimate of drug-likeness (QED) is 0.858. The fourth-order valence-electron chi connectivity index (χ4n) is 5.15. The first-order chi connectivity index (χ1) is 11.6. The lowest BCUT2D eigenvalue weighted by Gasteiger charge is -2.53. The van der Waals surface area contributed by atoms with Gasteiger partial charge in [0, 0.05) is 19.0 Å². The Morgan fingerprint density at radius 2 is 2.25 bits per heavy atom. The minimum atomic E-state index is -0.321. The number of benzene rings is 1. The summed E-state index contributed by atoms with van der Waals surface area (Å²) in [7, 11) is 1.65. The number of amides is 1. The Hall–Kier alpha value is -2.43. The van der Waals surface area contributed by atoms with E-state index in [1.807, 2.05) is 17.0 Å². The van der Waals surface area contributed by atoms with Crippen LogP contribution in [-0.2, 0) is 21.4 Å². The third kappa shape index (κ3) is 1.39. The standard InChI is InChI=1S/C19H19NO4/c1-10(21)20-8-7-19-12-4-6-15(23-2)18(19)24-17-14(22)5-3-11(16(17)19)9-13(12)20/h3-6,13,18,22H,7-9H2,1-2H3/t13-,18+,19+/m1/s1. The molecular formula is C19H19NO4. The number of carbonyl (C=O) groups excluding carboxylic acids is 1. The number of piperidine rings is 1. The molecule has 1 aromatic carbocycles. The number of carbonyl (C=O) groups is 1. The van der Waals surface area contributed by atoms with Crippen LogP contribution in [0.15, 0.2) is 35.6 Å². The molecule has 5 heteroatoms. The lowest BCUT2D eigenvalue weighted by molar-refractivity contribution is -0.132. The van der Waals surface area contributed by atoms with Gasteiger partial charge in [0.1, 0.15) is 5.76 Å². The molecule has 1 N–H and O–H groups in total. The smallest absolute Gasteiger partial charge is 0.219 e. The molecule has 1 aromatic rings. The summed E-state index contributed by atoms with van der Waals surface area (Å²) in [4.78, 5) is 14.1. The van der Waals surface area contributed by atoms with Crippen molar-refractivity contribution < 1.29 is 19.4 Å². The largest absolute Gasteiger partial charge is 0.504 e. The summed E-state index contributed by atoms with van der Waals surface area (Å²) in [5.74, 6) is 1.65. The van der Waals surface area contributed by atoms with Crippen molar-refractivity contribution in [2.75, 3.05) is 13.7 Å². The Bertz CT molecular complexity index is 840. The molecule has 5 rings (SSSR count). The zero-order chi connectivity index (χ0) is 16.6. The first-order valence-corrected chi connectivity index (χ1v) is 8.33. The second-order valence-electron chi connectivity index (χ2n) is 6.99. The summed E-state index contributed by atoms with van der Waals surface area (Å²) >= 11 is 0. The summed E-state index contributed by atoms with van der Waals surface area (Å²) < 4.78 is 11.8. The number of likely N-dealkylation sites (tertiary alicyclic amines) is 1. The number of phenolic OH excluding ortho intramolecular Hbond substituents is 1. The van der Waals surface area contributed by atoms with Crippen LogP contribution in [0.25, 0.3) is 0 Å². The maximum absolute atomic E-state index is 12.1. The van der Waals surface area contributed by atoms with Crippen LogP contribution >= 0.6 is 0 Å². The highest BCUT2D eigenvalue weighted by Crippen LogP contribution is 2.62. The molecule has 5 nitrogen and oxygen atoms in total. The maximum atomic E-state index is 12.1. The second-order valence-corrected chi connectivity index (χ2v) is 6.99. The SMILES string of the molecule is COC1=CC=C2[C@H]3Cc4ccc(O)c5c4[C@@]2(CCN3C(C)=O)[C@H]1O5. The molecule has 124 valence electrons. The Labute approximate surface area is 140 Å². The molecule has 2 heterocycles. The van der Waals surface area contributed by atoms with Crippen LogP contribution < -0.4 is 4.74 Å². The number of nitrogens with zero attached hydrogens (tertiary/aromatic N) is 1. The van der Waals surface area contributed by atoms with Crippen LogP contribution in [0.2, 0.25) is 0 Å². The average molecular weight is 325 g/mol. The highest BCUT2D eigenvalue weighted by atomic mass is 16.5. The summed E-state index contributed by atoms with van der Waals surface area (Å²) in [6.45, 7) is 2.33. The molecule has 24 heavy (non-hydrogen) atoms. The summed E-state index contributed by atoms with van der Waals surface area (Å²) in [5, 5.41) is 10.3. The van der Waals surface area contributed by atoms with Crippen LogP contribution in [0.1, 0.15) is 24.5 Å². The third-order valence-corrected chi connectivity index (χ3v) is 6.09. The molecule has 1 saturated heterocycles. The van der Waals surface area contributed by atoms with Gasteiger partial charge in [0.25, 0.3) is 0 Å². The molecule has 1 fully saturated rings. The van der Waals surface area contributed by atoms with E-state index < -0.39 is 0 Å². The van der Waals surface area contributed by atoms with Crippen LogP contribution in [0.4, 0.5) is 0 Å². The lowest BCUT2D eigenvalue weighted by atomic mass is 9.57. The van der Waals surface area contributed by atoms with Crippen molar-refractivity contribution in [2.24, 2.45) is 0 Å². The zero-order valence-electron chi connectivity index (χ0n) is 13.7. The predicted octanol–water partition coefficient (Wildman–Crippen LogP) is 2.04. The van der Waals surface area contributed by atoms with Crippen molar-refractivity contribution in [2.45, 2.75) is 37.3 Å². The molecule has 1 spiro atoms. The molecule has 2 aliphatic carbocycles. The fourth-order valence-corrected chi connectivity index (χ4v) is 5.15. The van der Waals surface area contributed by atoms with Gasteiger partial charge in [-0.15, -0.1) is 0 Å². The van der Waals surface area contributed by atoms with E-state index in [9.17, 15) is 9.90 Å². The van der Waals surface area contributed by atoms with E-state index in [1.54, 1.807) is 20.1 Å². The number of methoxy groups -OCH3 is 1. The Morgan fingerprint density at radius 1 is 1.42 bits per heavy atom. The zero-order valence-corrected chi connectivity index (χ0v) is 13.7. The van der Waals surface area contributed by atoms with Gasteiger partial charge < -0.3 is 19.5 Å². The van der Waals surface area contributed by atoms with Gasteiger partial charge in [0.05, 0.1) is 18.6 Å². The molecule has 0 radical (unpaired) electrons. The van der Waals surface area contributed by atoms with Crippen LogP contribution in [-0.4, -0.2) is 41.7 Å². The highest BCUT2D eigenvalue weighted by molar-refractivity contribution is 5.77. The van der Waals surface area contributed by atoms with Crippen molar-refractivity contribution in [1.29, 1.82) is 0 Å². The molecule has 4 aliphatic rings. The number of hydrogen-bond acceptors (Lipinski definition) is 4. The molecule has 2 bridgehead atoms. The Morgan fingerprint density at radius 3 is 3.00 bits per heavy atom. The van der Waals surface area contributed by atoms with Gasteiger partial charge in [-0.05, 0) is 36.1 Å². The van der Waals surface area contributed by atoms with Gasteiger partial charge >= 0.3 is 0 Å². The van der Waals surface area contributed by atoms with E-state index in [0.29, 0.717) is 12.3 Å². The normalized spacial score (nSPS) is 31.7. The molecule has 0 unspecified atom stereocenters. The first-order valence-electron chi connectivity index (χ1n) is 8.33. The van der Waals surface area contributed by atoms with Gasteiger partial charge in [-0.2, -0.15) is 0 Å². The number of phenols is 1. The number of allylic oxidation sites excluding steroid dienone is 2. The first kappa shape index (κ1) is 14.0. The van der Waals surface area contributed by atoms with E-state index >= 15 is 0 Å². The Kier molecular flexibility index (Phi) is 2.53. The number of ether oxygens (including phenoxy) is 2. The van der Waals surface area contributed by atoms with Crippen molar-refractivity contribution in [1.82, 2.24) is 4.90 Å². The molecule has 0 saturated carbocycles. The number of hydrogen-bond donors (Lipinski definition) is 1. The molecular weight excluding hydrogens is 306 g/mol. The molecule has 3 atom stereocenters. The van der Waals surface area contributed by atoms with Gasteiger partial charge in [-0.3, -0.25) is 4.79 Å². The van der Waals surface area contributed by atoms with E-state index in [1.165, 1.54) is 5.57 Å². The fraction of sp³-hybridized carbons (Fsp3) is 0.421. The summed E-state index contributed by atoms with van der Waals surface area (Å²) in [6.07, 6.45) is 5.33. The molecule has 0 aromatic heterocycles. The van der Waals surface area contributed by atoms with Crippen molar-refractivity contribution >= 4 is 5.91 Å². The lowest BCUT2D eigenvalue weighted by Crippen LogP contribution is -2.60. The highest BCUT2D eigenvalue weighted by Gasteiger charge is 2.62. The van der Waals surface area contributed by atoms with Crippen molar-refractivity contribution in [3.63, 3.8) is 0 Å². The third-order valence-electron chi connectivity index (χ3n) is 6.09. The second kappa shape index (κ2) is 4.35. The van der Waals surface area contributed by atoms with Gasteiger partial charge in [0.2, 0.25) is 5.91 Å². The molecule has 1 amide bonds. The molecule has 2 aliphatic heterocycles. The summed E-state index contributed by atoms with van der Waals surface area (Å²) in [5.41, 5.74) is 3.15. The maximum Gasteiger partial charge on any atom is 0.219 e. The topological polar surface area (TPSA) is 59.0 Å². The number of rotatable bonds is 1. The van der Waals surface area contributed by atoms with E-state index in [2.05, 4.69) is 6.08 Å². The van der Waals surface area contributed by atoms with E-state index in [-0.39, 0.29) is 29.2 Å². The predicted molar refractivity (Wildman–Crippen MR) is 86.9 cm³/mol. The average Bonchev–Trinajstić information content (AvgIpc) is 2.91. The van der Waals surface area contributed by atoms with E-state index in [0.717, 1.165) is 29.7 Å². The van der Waals surface area contributed by atoms with Gasteiger partial charge in [-0.25, -0.2) is 0 Å². The number of aromatic hydroxyl groups is 1. The minimum Gasteiger partial charge on any atom is -0.504 e. The Balaban J connectivity index is 1.82. The van der Waals surface area contributed by atoms with E-state index in [4.69, 9.17) is 9.47 Å². The summed E-state index contributed by atoms with van der Waals surface area (Å²) in [6, 6.07) is 3.72. The van der Waals surface area contributed by atoms with Crippen LogP contribution in [0, 0.1) is 0 Å². The van der Waals surface area contributed by atoms with Gasteiger partial charge in [-0.1, -0.05) is 12.1 Å². The van der Waals surface area contributed by atoms with Crippen LogP contribution in [0.3, 0.4) is 0 Å². The van der Waals surface area contributed by atoms with Crippen LogP contribution in [0.5, 0.6) is 11.5 Å². The van der Waals surface area contributed by atoms with Crippen molar-refractivity contribution in [3.8, 4) is 11.5 Å². The monoisotopic (exact) mass is 325 g/mol.